The zero-order valence-corrected chi connectivity index (χ0v) is 7.33. The minimum Gasteiger partial charge on any atom is -0.193 e. The summed E-state index contributed by atoms with van der Waals surface area (Å²) in [6.45, 7) is 10.2. The molecule has 12 heavy (non-hydrogen) atoms. The molecule has 0 unspecified atom stereocenters. The summed E-state index contributed by atoms with van der Waals surface area (Å²) in [5.74, 6) is 0. The Labute approximate surface area is 73.5 Å². The van der Waals surface area contributed by atoms with Crippen LogP contribution in [0.15, 0.2) is 24.8 Å². The van der Waals surface area contributed by atoms with Gasteiger partial charge in [0.05, 0.1) is 6.07 Å². The highest BCUT2D eigenvalue weighted by Crippen LogP contribution is 1.74. The van der Waals surface area contributed by atoms with Gasteiger partial charge in [-0.15, -0.1) is 6.58 Å². The average molecular weight is 161 g/mol. The molecule has 0 aromatic carbocycles. The first kappa shape index (κ1) is 16.5. The minimum atomic E-state index is 0.560. The molecule has 0 amide bonds. The van der Waals surface area contributed by atoms with Gasteiger partial charge in [-0.2, -0.15) is 15.8 Å². The Hall–Kier alpha value is -2.05. The molecule has 0 spiro atoms. The second-order valence-corrected chi connectivity index (χ2v) is 1.52. The topological polar surface area (TPSA) is 71.4 Å². The molecule has 0 aromatic heterocycles. The van der Waals surface area contributed by atoms with Crippen LogP contribution in [0.5, 0.6) is 0 Å². The van der Waals surface area contributed by atoms with Crippen molar-refractivity contribution >= 4 is 0 Å². The number of allylic oxidation sites excluding steroid dienone is 2. The molecular formula is C9H11N3. The van der Waals surface area contributed by atoms with Gasteiger partial charge in [-0.1, -0.05) is 12.7 Å². The van der Waals surface area contributed by atoms with Crippen LogP contribution < -0.4 is 0 Å². The predicted molar refractivity (Wildman–Crippen MR) is 47.5 cm³/mol. The van der Waals surface area contributed by atoms with Crippen molar-refractivity contribution in [1.82, 2.24) is 0 Å². The maximum Gasteiger partial charge on any atom is 0.181 e. The van der Waals surface area contributed by atoms with Crippen LogP contribution in [-0.2, 0) is 0 Å². The van der Waals surface area contributed by atoms with E-state index in [-0.39, 0.29) is 0 Å². The largest absolute Gasteiger partial charge is 0.193 e. The lowest BCUT2D eigenvalue weighted by Crippen LogP contribution is -1.51. The second kappa shape index (κ2) is 23.1. The highest BCUT2D eigenvalue weighted by atomic mass is 14.3. The number of nitriles is 3. The first-order valence-electron chi connectivity index (χ1n) is 3.01. The Kier molecular flexibility index (Phi) is 31.7. The van der Waals surface area contributed by atoms with Gasteiger partial charge in [-0.05, 0) is 13.8 Å². The Balaban J connectivity index is -0.000000105. The van der Waals surface area contributed by atoms with E-state index in [2.05, 4.69) is 13.2 Å². The molecule has 0 N–H and O–H groups in total. The standard InChI is InChI=1S/C4H5N.C3H6.C2N2/c1-4(2)3-5;1-3-2;3-1-2-4/h1H2,2H3;3H,1H2,2H3;. The monoisotopic (exact) mass is 161 g/mol. The predicted octanol–water partition coefficient (Wildman–Crippen LogP) is 2.31. The van der Waals surface area contributed by atoms with Crippen LogP contribution in [0.3, 0.4) is 0 Å². The summed E-state index contributed by atoms with van der Waals surface area (Å²) in [7, 11) is 0. The van der Waals surface area contributed by atoms with Gasteiger partial charge in [0.25, 0.3) is 0 Å². The second-order valence-electron chi connectivity index (χ2n) is 1.52. The molecule has 0 bridgehead atoms. The number of hydrogen-bond donors (Lipinski definition) is 0. The Morgan fingerprint density at radius 3 is 1.42 bits per heavy atom. The van der Waals surface area contributed by atoms with E-state index in [0.29, 0.717) is 5.57 Å². The zero-order valence-electron chi connectivity index (χ0n) is 7.33. The van der Waals surface area contributed by atoms with Gasteiger partial charge < -0.3 is 0 Å². The fraction of sp³-hybridized carbons (Fsp3) is 0.222. The smallest absolute Gasteiger partial charge is 0.181 e. The number of rotatable bonds is 0. The van der Waals surface area contributed by atoms with Gasteiger partial charge in [0.1, 0.15) is 0 Å². The van der Waals surface area contributed by atoms with Gasteiger partial charge in [-0.3, -0.25) is 0 Å². The van der Waals surface area contributed by atoms with Gasteiger partial charge >= 0.3 is 0 Å². The van der Waals surface area contributed by atoms with Crippen molar-refractivity contribution in [3.8, 4) is 18.2 Å². The third-order valence-electron chi connectivity index (χ3n) is 0.241. The molecule has 3 nitrogen and oxygen atoms in total. The molecule has 0 radical (unpaired) electrons. The van der Waals surface area contributed by atoms with Crippen LogP contribution >= 0.6 is 0 Å². The van der Waals surface area contributed by atoms with Crippen molar-refractivity contribution < 1.29 is 0 Å². The van der Waals surface area contributed by atoms with E-state index in [0.717, 1.165) is 0 Å². The minimum absolute atomic E-state index is 0.560. The van der Waals surface area contributed by atoms with Crippen molar-refractivity contribution in [1.29, 1.82) is 15.8 Å². The zero-order chi connectivity index (χ0) is 10.4. The van der Waals surface area contributed by atoms with Crippen LogP contribution in [0, 0.1) is 34.0 Å². The average Bonchev–Trinajstić information content (AvgIpc) is 2.06. The first-order valence-corrected chi connectivity index (χ1v) is 3.01. The van der Waals surface area contributed by atoms with Crippen molar-refractivity contribution in [3.63, 3.8) is 0 Å². The fourth-order valence-corrected chi connectivity index (χ4v) is 0. The molecule has 0 aliphatic carbocycles. The highest BCUT2D eigenvalue weighted by molar-refractivity contribution is 5.11. The van der Waals surface area contributed by atoms with Crippen LogP contribution in [0.25, 0.3) is 0 Å². The molecule has 0 aliphatic rings. The third-order valence-corrected chi connectivity index (χ3v) is 0.241. The molecule has 0 atom stereocenters. The molecule has 0 heterocycles. The summed E-state index contributed by atoms with van der Waals surface area (Å²) in [4.78, 5) is 0. The summed E-state index contributed by atoms with van der Waals surface area (Å²) in [5.41, 5.74) is 0.560. The molecule has 0 saturated heterocycles. The van der Waals surface area contributed by atoms with Crippen LogP contribution in [-0.4, -0.2) is 0 Å². The lowest BCUT2D eigenvalue weighted by atomic mass is 10.4. The lowest BCUT2D eigenvalue weighted by Gasteiger charge is -1.61. The van der Waals surface area contributed by atoms with Crippen molar-refractivity contribution in [3.05, 3.63) is 24.8 Å². The van der Waals surface area contributed by atoms with Gasteiger partial charge in [0.15, 0.2) is 12.1 Å². The van der Waals surface area contributed by atoms with E-state index >= 15 is 0 Å². The van der Waals surface area contributed by atoms with E-state index in [1.165, 1.54) is 12.1 Å². The summed E-state index contributed by atoms with van der Waals surface area (Å²) >= 11 is 0. The SMILES string of the molecule is C=C(C)C#N.C=CC.N#CC#N. The molecule has 0 saturated carbocycles. The molecular weight excluding hydrogens is 150 g/mol. The van der Waals surface area contributed by atoms with Crippen LogP contribution in [0.1, 0.15) is 13.8 Å². The maximum atomic E-state index is 7.79. The van der Waals surface area contributed by atoms with Crippen molar-refractivity contribution in [2.75, 3.05) is 0 Å². The van der Waals surface area contributed by atoms with E-state index in [1.54, 1.807) is 13.0 Å². The Morgan fingerprint density at radius 1 is 1.25 bits per heavy atom. The van der Waals surface area contributed by atoms with Crippen molar-refractivity contribution in [2.24, 2.45) is 0 Å². The summed E-state index contributed by atoms with van der Waals surface area (Å²) in [6.07, 6.45) is 1.75. The fourth-order valence-electron chi connectivity index (χ4n) is 0. The van der Waals surface area contributed by atoms with Gasteiger partial charge in [0, 0.05) is 5.57 Å². The van der Waals surface area contributed by atoms with E-state index in [4.69, 9.17) is 15.8 Å². The first-order chi connectivity index (χ1) is 5.60. The summed E-state index contributed by atoms with van der Waals surface area (Å²) in [5, 5.41) is 22.3. The molecule has 62 valence electrons. The molecule has 0 rings (SSSR count). The third kappa shape index (κ3) is 425. The summed E-state index contributed by atoms with van der Waals surface area (Å²) in [6, 6.07) is 4.31. The van der Waals surface area contributed by atoms with E-state index in [1.807, 2.05) is 13.0 Å². The molecule has 0 fully saturated rings. The van der Waals surface area contributed by atoms with E-state index < -0.39 is 0 Å². The van der Waals surface area contributed by atoms with Gasteiger partial charge in [0.2, 0.25) is 0 Å². The van der Waals surface area contributed by atoms with Crippen LogP contribution in [0.4, 0.5) is 0 Å². The molecule has 0 aliphatic heterocycles. The van der Waals surface area contributed by atoms with Crippen LogP contribution in [0.2, 0.25) is 0 Å². The maximum absolute atomic E-state index is 7.79. The van der Waals surface area contributed by atoms with Crippen molar-refractivity contribution in [2.45, 2.75) is 13.8 Å². The summed E-state index contributed by atoms with van der Waals surface area (Å²) < 4.78 is 0. The number of hydrogen-bond acceptors (Lipinski definition) is 3. The highest BCUT2D eigenvalue weighted by Gasteiger charge is 1.64. The molecule has 3 heteroatoms. The quantitative estimate of drug-likeness (QED) is 0.404. The Morgan fingerprint density at radius 2 is 1.42 bits per heavy atom. The number of nitrogens with zero attached hydrogens (tertiary/aromatic N) is 3. The van der Waals surface area contributed by atoms with E-state index in [9.17, 15) is 0 Å². The van der Waals surface area contributed by atoms with Gasteiger partial charge in [-0.25, -0.2) is 0 Å². The Bertz CT molecular complexity index is 220. The lowest BCUT2D eigenvalue weighted by molar-refractivity contribution is 1.46. The molecule has 0 aromatic rings. The normalized spacial score (nSPS) is 4.25.